The number of hydroxylamine groups is 1. The summed E-state index contributed by atoms with van der Waals surface area (Å²) in [5.74, 6) is -3.89. The summed E-state index contributed by atoms with van der Waals surface area (Å²) in [5, 5.41) is 3.11. The van der Waals surface area contributed by atoms with E-state index in [4.69, 9.17) is 4.84 Å². The lowest BCUT2D eigenvalue weighted by Gasteiger charge is -2.29. The molecule has 2 aliphatic heterocycles. The molecule has 2 amide bonds. The molecule has 6 rings (SSSR count). The molecule has 3 atom stereocenters. The van der Waals surface area contributed by atoms with E-state index in [9.17, 15) is 18.4 Å². The fraction of sp³-hybridized carbons (Fsp3) is 0.111. The number of anilines is 2. The molecule has 0 unspecified atom stereocenters. The van der Waals surface area contributed by atoms with Gasteiger partial charge in [0.15, 0.2) is 17.7 Å². The van der Waals surface area contributed by atoms with Crippen LogP contribution < -0.4 is 9.96 Å². The van der Waals surface area contributed by atoms with Crippen LogP contribution >= 0.6 is 0 Å². The summed E-state index contributed by atoms with van der Waals surface area (Å²) in [7, 11) is 0. The minimum Gasteiger partial charge on any atom is -0.273 e. The maximum atomic E-state index is 14.2. The first-order chi connectivity index (χ1) is 16.5. The summed E-state index contributed by atoms with van der Waals surface area (Å²) in [6.45, 7) is 0. The molecule has 2 heterocycles. The average molecular weight is 456 g/mol. The van der Waals surface area contributed by atoms with Crippen molar-refractivity contribution in [1.29, 1.82) is 0 Å². The number of fused-ring (bicyclic) bond motifs is 2. The molecule has 4 aromatic rings. The van der Waals surface area contributed by atoms with E-state index in [2.05, 4.69) is 0 Å². The SMILES string of the molecule is O=C1[C@H]2[C@@H](ON(c3ccccc3)[C@H]2c2ccc(F)c(F)c2)C(=O)N1c1cccc2ccccc12. The van der Waals surface area contributed by atoms with E-state index in [0.29, 0.717) is 16.9 Å². The summed E-state index contributed by atoms with van der Waals surface area (Å²) >= 11 is 0. The molecule has 0 N–H and O–H groups in total. The van der Waals surface area contributed by atoms with Crippen LogP contribution in [-0.4, -0.2) is 17.9 Å². The molecule has 168 valence electrons. The summed E-state index contributed by atoms with van der Waals surface area (Å²) < 4.78 is 27.9. The molecule has 2 fully saturated rings. The van der Waals surface area contributed by atoms with E-state index in [0.717, 1.165) is 27.8 Å². The molecule has 5 nitrogen and oxygen atoms in total. The molecule has 2 saturated heterocycles. The van der Waals surface area contributed by atoms with Gasteiger partial charge in [-0.05, 0) is 41.3 Å². The highest BCUT2D eigenvalue weighted by Crippen LogP contribution is 2.48. The van der Waals surface area contributed by atoms with Crippen LogP contribution in [0.25, 0.3) is 10.8 Å². The molecule has 0 spiro atoms. The van der Waals surface area contributed by atoms with Gasteiger partial charge in [-0.15, -0.1) is 0 Å². The number of nitrogens with zero attached hydrogens (tertiary/aromatic N) is 2. The lowest BCUT2D eigenvalue weighted by molar-refractivity contribution is -0.126. The maximum Gasteiger partial charge on any atom is 0.266 e. The number of rotatable bonds is 3. The fourth-order valence-electron chi connectivity index (χ4n) is 4.89. The van der Waals surface area contributed by atoms with Crippen LogP contribution in [0.3, 0.4) is 0 Å². The number of hydrogen-bond acceptors (Lipinski definition) is 4. The molecule has 0 bridgehead atoms. The van der Waals surface area contributed by atoms with E-state index in [1.54, 1.807) is 36.4 Å². The number of benzene rings is 4. The van der Waals surface area contributed by atoms with Gasteiger partial charge in [0.05, 0.1) is 17.4 Å². The second kappa shape index (κ2) is 7.74. The maximum absolute atomic E-state index is 14.2. The normalized spacial score (nSPS) is 22.0. The number of para-hydroxylation sites is 1. The molecule has 4 aromatic carbocycles. The lowest BCUT2D eigenvalue weighted by Crippen LogP contribution is -2.37. The van der Waals surface area contributed by atoms with Gasteiger partial charge in [0.25, 0.3) is 5.91 Å². The van der Waals surface area contributed by atoms with Gasteiger partial charge in [0.2, 0.25) is 5.91 Å². The van der Waals surface area contributed by atoms with E-state index >= 15 is 0 Å². The van der Waals surface area contributed by atoms with Gasteiger partial charge in [-0.2, -0.15) is 0 Å². The first kappa shape index (κ1) is 20.5. The van der Waals surface area contributed by atoms with Crippen LogP contribution in [0.5, 0.6) is 0 Å². The van der Waals surface area contributed by atoms with Crippen LogP contribution in [-0.2, 0) is 14.4 Å². The zero-order chi connectivity index (χ0) is 23.4. The third-order valence-corrected chi connectivity index (χ3v) is 6.42. The molecule has 7 heteroatoms. The van der Waals surface area contributed by atoms with Crippen molar-refractivity contribution < 1.29 is 23.2 Å². The van der Waals surface area contributed by atoms with Crippen molar-refractivity contribution >= 4 is 34.0 Å². The predicted molar refractivity (Wildman–Crippen MR) is 123 cm³/mol. The largest absolute Gasteiger partial charge is 0.273 e. The van der Waals surface area contributed by atoms with Crippen LogP contribution in [0.1, 0.15) is 11.6 Å². The summed E-state index contributed by atoms with van der Waals surface area (Å²) in [6, 6.07) is 24.5. The molecule has 2 aliphatic rings. The number of amides is 2. The van der Waals surface area contributed by atoms with Gasteiger partial charge < -0.3 is 0 Å². The van der Waals surface area contributed by atoms with Crippen molar-refractivity contribution in [1.82, 2.24) is 0 Å². The molecule has 0 aromatic heterocycles. The highest BCUT2D eigenvalue weighted by atomic mass is 19.2. The molecular formula is C27H18F2N2O3. The zero-order valence-corrected chi connectivity index (χ0v) is 17.8. The highest BCUT2D eigenvalue weighted by molar-refractivity contribution is 6.26. The topological polar surface area (TPSA) is 49.9 Å². The molecule has 34 heavy (non-hydrogen) atoms. The Bertz CT molecular complexity index is 1440. The van der Waals surface area contributed by atoms with Crippen molar-refractivity contribution in [3.05, 3.63) is 108 Å². The second-order valence-corrected chi connectivity index (χ2v) is 8.34. The smallest absolute Gasteiger partial charge is 0.266 e. The van der Waals surface area contributed by atoms with E-state index in [1.807, 2.05) is 36.4 Å². The Labute approximate surface area is 193 Å². The third-order valence-electron chi connectivity index (χ3n) is 6.42. The number of carbonyl (C=O) groups excluding carboxylic acids is 2. The van der Waals surface area contributed by atoms with E-state index in [-0.39, 0.29) is 0 Å². The Kier molecular flexibility index (Phi) is 4.67. The van der Waals surface area contributed by atoms with Crippen LogP contribution in [0.4, 0.5) is 20.2 Å². The Balaban J connectivity index is 1.48. The van der Waals surface area contributed by atoms with Gasteiger partial charge in [-0.3, -0.25) is 14.4 Å². The zero-order valence-electron chi connectivity index (χ0n) is 17.8. The quantitative estimate of drug-likeness (QED) is 0.399. The summed E-state index contributed by atoms with van der Waals surface area (Å²) in [6.07, 6.45) is -1.09. The van der Waals surface area contributed by atoms with Gasteiger partial charge in [0, 0.05) is 5.39 Å². The Morgan fingerprint density at radius 3 is 2.26 bits per heavy atom. The van der Waals surface area contributed by atoms with Crippen molar-refractivity contribution in [2.24, 2.45) is 5.92 Å². The molecular weight excluding hydrogens is 438 g/mol. The Morgan fingerprint density at radius 1 is 0.735 bits per heavy atom. The molecule has 0 saturated carbocycles. The van der Waals surface area contributed by atoms with Gasteiger partial charge in [-0.25, -0.2) is 18.7 Å². The third kappa shape index (κ3) is 3.01. The number of imide groups is 1. The lowest BCUT2D eigenvalue weighted by atomic mass is 9.90. The van der Waals surface area contributed by atoms with Gasteiger partial charge in [0.1, 0.15) is 5.92 Å². The number of carbonyl (C=O) groups is 2. The Hall–Kier alpha value is -4.10. The minimum atomic E-state index is -1.09. The average Bonchev–Trinajstić information content (AvgIpc) is 3.37. The van der Waals surface area contributed by atoms with Crippen LogP contribution in [0.15, 0.2) is 91.0 Å². The van der Waals surface area contributed by atoms with Gasteiger partial charge >= 0.3 is 0 Å². The monoisotopic (exact) mass is 456 g/mol. The van der Waals surface area contributed by atoms with Crippen LogP contribution in [0.2, 0.25) is 0 Å². The number of hydrogen-bond donors (Lipinski definition) is 0. The highest BCUT2D eigenvalue weighted by Gasteiger charge is 2.60. The predicted octanol–water partition coefficient (Wildman–Crippen LogP) is 5.17. The summed E-state index contributed by atoms with van der Waals surface area (Å²) in [4.78, 5) is 34.5. The van der Waals surface area contributed by atoms with Crippen molar-refractivity contribution in [2.75, 3.05) is 9.96 Å². The standard InChI is InChI=1S/C27H18F2N2O3/c28-20-14-13-17(15-21(20)29)24-23-25(34-31(24)18-9-2-1-3-10-18)27(33)30(26(23)32)22-12-6-8-16-7-4-5-11-19(16)22/h1-15,23-25H/t23-,24+,25-/m1/s1. The van der Waals surface area contributed by atoms with Crippen molar-refractivity contribution in [2.45, 2.75) is 12.1 Å². The van der Waals surface area contributed by atoms with Crippen molar-refractivity contribution in [3.63, 3.8) is 0 Å². The minimum absolute atomic E-state index is 0.344. The number of halogens is 2. The first-order valence-electron chi connectivity index (χ1n) is 10.9. The van der Waals surface area contributed by atoms with E-state index in [1.165, 1.54) is 11.1 Å². The molecule has 0 radical (unpaired) electrons. The first-order valence-corrected chi connectivity index (χ1v) is 10.9. The second-order valence-electron chi connectivity index (χ2n) is 8.34. The molecule has 0 aliphatic carbocycles. The fourth-order valence-corrected chi connectivity index (χ4v) is 4.89. The van der Waals surface area contributed by atoms with E-state index < -0.39 is 41.5 Å². The summed E-state index contributed by atoms with van der Waals surface area (Å²) in [5.41, 5.74) is 1.42. The van der Waals surface area contributed by atoms with Crippen LogP contribution in [0, 0.1) is 17.6 Å². The van der Waals surface area contributed by atoms with Gasteiger partial charge in [-0.1, -0.05) is 60.7 Å². The van der Waals surface area contributed by atoms with Crippen molar-refractivity contribution in [3.8, 4) is 0 Å². The Morgan fingerprint density at radius 2 is 1.47 bits per heavy atom.